The Bertz CT molecular complexity index is 368. The molecule has 0 aliphatic rings. The third-order valence-electron chi connectivity index (χ3n) is 2.71. The zero-order valence-corrected chi connectivity index (χ0v) is 10.2. The molecule has 2 nitrogen and oxygen atoms in total. The van der Waals surface area contributed by atoms with Crippen molar-refractivity contribution < 1.29 is 0 Å². The van der Waals surface area contributed by atoms with E-state index in [-0.39, 0.29) is 0 Å². The summed E-state index contributed by atoms with van der Waals surface area (Å²) < 4.78 is 0.746. The Balaban J connectivity index is 3.23. The van der Waals surface area contributed by atoms with Crippen LogP contribution in [0.5, 0.6) is 0 Å². The van der Waals surface area contributed by atoms with E-state index in [0.29, 0.717) is 5.92 Å². The summed E-state index contributed by atoms with van der Waals surface area (Å²) in [5.74, 6) is 1.49. The van der Waals surface area contributed by atoms with Crippen molar-refractivity contribution in [2.45, 2.75) is 46.5 Å². The summed E-state index contributed by atoms with van der Waals surface area (Å²) in [5, 5.41) is 0. The van der Waals surface area contributed by atoms with Crippen molar-refractivity contribution in [3.8, 4) is 0 Å². The van der Waals surface area contributed by atoms with Gasteiger partial charge in [0.1, 0.15) is 10.5 Å². The lowest BCUT2D eigenvalue weighted by Crippen LogP contribution is -2.05. The van der Waals surface area contributed by atoms with Crippen LogP contribution in [0, 0.1) is 11.6 Å². The average molecular weight is 210 g/mol. The van der Waals surface area contributed by atoms with Crippen molar-refractivity contribution >= 4 is 12.2 Å². The summed E-state index contributed by atoms with van der Waals surface area (Å²) in [4.78, 5) is 7.79. The molecule has 1 unspecified atom stereocenters. The van der Waals surface area contributed by atoms with Gasteiger partial charge in [0, 0.05) is 17.2 Å². The smallest absolute Gasteiger partial charge is 0.132 e. The fourth-order valence-corrected chi connectivity index (χ4v) is 1.60. The maximum Gasteiger partial charge on any atom is 0.132 e. The topological polar surface area (TPSA) is 28.7 Å². The molecule has 0 radical (unpaired) electrons. The SMILES string of the molecule is CCc1[nH]c(C(C)CC)nc(=S)c1C. The molecule has 0 saturated carbocycles. The first-order chi connectivity index (χ1) is 6.60. The predicted molar refractivity (Wildman–Crippen MR) is 62.2 cm³/mol. The van der Waals surface area contributed by atoms with E-state index in [2.05, 4.69) is 30.7 Å². The van der Waals surface area contributed by atoms with Crippen LogP contribution in [0.2, 0.25) is 0 Å². The molecule has 0 aromatic carbocycles. The Morgan fingerprint density at radius 2 is 2.07 bits per heavy atom. The van der Waals surface area contributed by atoms with Gasteiger partial charge in [-0.15, -0.1) is 0 Å². The quantitative estimate of drug-likeness (QED) is 0.773. The van der Waals surface area contributed by atoms with Crippen molar-refractivity contribution in [3.05, 3.63) is 21.7 Å². The van der Waals surface area contributed by atoms with E-state index in [1.807, 2.05) is 6.92 Å². The van der Waals surface area contributed by atoms with Gasteiger partial charge < -0.3 is 4.98 Å². The second-order valence-corrected chi connectivity index (χ2v) is 4.08. The Hall–Kier alpha value is -0.700. The molecule has 1 aromatic heterocycles. The molecule has 0 fully saturated rings. The molecule has 1 atom stereocenters. The number of hydrogen-bond acceptors (Lipinski definition) is 2. The largest absolute Gasteiger partial charge is 0.347 e. The summed E-state index contributed by atoms with van der Waals surface area (Å²) >= 11 is 5.23. The maximum absolute atomic E-state index is 5.23. The Labute approximate surface area is 90.8 Å². The summed E-state index contributed by atoms with van der Waals surface area (Å²) in [6, 6.07) is 0. The highest BCUT2D eigenvalue weighted by molar-refractivity contribution is 7.71. The van der Waals surface area contributed by atoms with Gasteiger partial charge in [0.25, 0.3) is 0 Å². The van der Waals surface area contributed by atoms with Crippen LogP contribution in [0.3, 0.4) is 0 Å². The van der Waals surface area contributed by atoms with Crippen LogP contribution in [0.15, 0.2) is 0 Å². The number of H-pyrrole nitrogens is 1. The zero-order valence-electron chi connectivity index (χ0n) is 9.35. The Morgan fingerprint density at radius 1 is 1.43 bits per heavy atom. The van der Waals surface area contributed by atoms with E-state index in [0.717, 1.165) is 28.9 Å². The molecule has 0 spiro atoms. The molecule has 0 amide bonds. The summed E-state index contributed by atoms with van der Waals surface area (Å²) in [5.41, 5.74) is 2.34. The minimum absolute atomic E-state index is 0.461. The van der Waals surface area contributed by atoms with Crippen LogP contribution in [0.4, 0.5) is 0 Å². The van der Waals surface area contributed by atoms with E-state index in [1.165, 1.54) is 5.69 Å². The number of aromatic nitrogens is 2. The summed E-state index contributed by atoms with van der Waals surface area (Å²) in [6.07, 6.45) is 2.08. The van der Waals surface area contributed by atoms with E-state index >= 15 is 0 Å². The lowest BCUT2D eigenvalue weighted by molar-refractivity contribution is 0.667. The molecule has 0 aliphatic heterocycles. The number of aryl methyl sites for hydroxylation is 1. The third kappa shape index (κ3) is 2.21. The van der Waals surface area contributed by atoms with Gasteiger partial charge in [-0.05, 0) is 19.8 Å². The van der Waals surface area contributed by atoms with Crippen molar-refractivity contribution in [1.82, 2.24) is 9.97 Å². The molecule has 0 aliphatic carbocycles. The maximum atomic E-state index is 5.23. The van der Waals surface area contributed by atoms with Gasteiger partial charge >= 0.3 is 0 Å². The molecule has 1 aromatic rings. The average Bonchev–Trinajstić information content (AvgIpc) is 2.20. The van der Waals surface area contributed by atoms with Gasteiger partial charge in [0.2, 0.25) is 0 Å². The van der Waals surface area contributed by atoms with Crippen LogP contribution in [0.1, 0.15) is 50.2 Å². The highest BCUT2D eigenvalue weighted by Gasteiger charge is 2.08. The molecule has 0 saturated heterocycles. The number of nitrogens with zero attached hydrogens (tertiary/aromatic N) is 1. The first-order valence-corrected chi connectivity index (χ1v) is 5.60. The molecule has 0 bridgehead atoms. The van der Waals surface area contributed by atoms with E-state index in [1.54, 1.807) is 0 Å². The van der Waals surface area contributed by atoms with Gasteiger partial charge in [-0.3, -0.25) is 0 Å². The normalized spacial score (nSPS) is 12.9. The Morgan fingerprint density at radius 3 is 2.57 bits per heavy atom. The van der Waals surface area contributed by atoms with E-state index < -0.39 is 0 Å². The van der Waals surface area contributed by atoms with Crippen molar-refractivity contribution in [2.75, 3.05) is 0 Å². The lowest BCUT2D eigenvalue weighted by atomic mass is 10.1. The van der Waals surface area contributed by atoms with Crippen LogP contribution in [0.25, 0.3) is 0 Å². The molecule has 1 rings (SSSR count). The van der Waals surface area contributed by atoms with Crippen LogP contribution < -0.4 is 0 Å². The van der Waals surface area contributed by atoms with Gasteiger partial charge in [-0.1, -0.05) is 33.0 Å². The first-order valence-electron chi connectivity index (χ1n) is 5.19. The van der Waals surface area contributed by atoms with Crippen molar-refractivity contribution in [1.29, 1.82) is 0 Å². The second kappa shape index (κ2) is 4.69. The van der Waals surface area contributed by atoms with Gasteiger partial charge in [-0.2, -0.15) is 0 Å². The van der Waals surface area contributed by atoms with Crippen LogP contribution in [-0.2, 0) is 6.42 Å². The minimum atomic E-state index is 0.461. The number of hydrogen-bond donors (Lipinski definition) is 1. The molecule has 1 heterocycles. The fraction of sp³-hybridized carbons (Fsp3) is 0.636. The highest BCUT2D eigenvalue weighted by Crippen LogP contribution is 2.16. The van der Waals surface area contributed by atoms with E-state index in [4.69, 9.17) is 12.2 Å². The zero-order chi connectivity index (χ0) is 10.7. The molecular weight excluding hydrogens is 192 g/mol. The van der Waals surface area contributed by atoms with Gasteiger partial charge in [-0.25, -0.2) is 4.98 Å². The molecule has 78 valence electrons. The van der Waals surface area contributed by atoms with E-state index in [9.17, 15) is 0 Å². The Kier molecular flexibility index (Phi) is 3.81. The van der Waals surface area contributed by atoms with Crippen molar-refractivity contribution in [2.24, 2.45) is 0 Å². The number of nitrogens with one attached hydrogen (secondary N) is 1. The fourth-order valence-electron chi connectivity index (χ4n) is 1.38. The third-order valence-corrected chi connectivity index (χ3v) is 3.10. The monoisotopic (exact) mass is 210 g/mol. The van der Waals surface area contributed by atoms with Crippen LogP contribution in [-0.4, -0.2) is 9.97 Å². The highest BCUT2D eigenvalue weighted by atomic mass is 32.1. The number of rotatable bonds is 3. The minimum Gasteiger partial charge on any atom is -0.347 e. The predicted octanol–water partition coefficient (Wildman–Crippen LogP) is 3.52. The molecule has 3 heteroatoms. The van der Waals surface area contributed by atoms with Gasteiger partial charge in [0.05, 0.1) is 0 Å². The van der Waals surface area contributed by atoms with Crippen molar-refractivity contribution in [3.63, 3.8) is 0 Å². The molecule has 1 N–H and O–H groups in total. The van der Waals surface area contributed by atoms with Crippen LogP contribution >= 0.6 is 12.2 Å². The number of aromatic amines is 1. The first kappa shape index (κ1) is 11.4. The second-order valence-electron chi connectivity index (χ2n) is 3.69. The molecular formula is C11H18N2S. The molecule has 14 heavy (non-hydrogen) atoms. The standard InChI is InChI=1S/C11H18N2S/c1-5-7(3)10-12-9(6-2)8(4)11(14)13-10/h7H,5-6H2,1-4H3,(H,12,13,14). The van der Waals surface area contributed by atoms with Gasteiger partial charge in [0.15, 0.2) is 0 Å². The summed E-state index contributed by atoms with van der Waals surface area (Å²) in [7, 11) is 0. The summed E-state index contributed by atoms with van der Waals surface area (Å²) in [6.45, 7) is 8.50. The lowest BCUT2D eigenvalue weighted by Gasteiger charge is -2.11.